The number of halogens is 2. The molecule has 0 unspecified atom stereocenters. The van der Waals surface area contributed by atoms with E-state index in [0.29, 0.717) is 23.8 Å². The number of carbonyl (C=O) groups excluding carboxylic acids is 2. The van der Waals surface area contributed by atoms with E-state index in [-0.39, 0.29) is 23.7 Å². The first-order valence-electron chi connectivity index (χ1n) is 11.2. The number of hydrogen-bond acceptors (Lipinski definition) is 9. The number of aromatic nitrogens is 3. The number of thiazole rings is 1. The first-order chi connectivity index (χ1) is 17.5. The standard InChI is InChI=1S/C22H25F2N7O4S2/c1-25-17-7-8-30(13-22(17,23)24)18-5-3-4-15(27-18)16-12-36-21(28-16)29-19(32)10-26-20(33)14-6-9-31(11-14)37(2,34)35/h3-6,9,11-12,17,25H,7-8,10,13H2,1-2H3,(H,26,33)(H,28,29,32)/t17-/m0/s1. The largest absolute Gasteiger partial charge is 0.350 e. The van der Waals surface area contributed by atoms with Crippen LogP contribution in [0.3, 0.4) is 0 Å². The first kappa shape index (κ1) is 26.6. The summed E-state index contributed by atoms with van der Waals surface area (Å²) in [6.45, 7) is -0.374. The molecule has 2 amide bonds. The summed E-state index contributed by atoms with van der Waals surface area (Å²) in [6.07, 6.45) is 3.67. The molecule has 4 heterocycles. The highest BCUT2D eigenvalue weighted by atomic mass is 32.2. The number of alkyl halides is 2. The molecule has 0 bridgehead atoms. The lowest BCUT2D eigenvalue weighted by Crippen LogP contribution is -2.56. The van der Waals surface area contributed by atoms with Crippen LogP contribution in [-0.4, -0.2) is 79.1 Å². The molecule has 1 aliphatic rings. The maximum Gasteiger partial charge on any atom is 0.280 e. The molecule has 0 saturated carbocycles. The van der Waals surface area contributed by atoms with Crippen molar-refractivity contribution in [2.24, 2.45) is 0 Å². The molecule has 0 aliphatic carbocycles. The molecule has 198 valence electrons. The van der Waals surface area contributed by atoms with Crippen molar-refractivity contribution in [2.45, 2.75) is 18.4 Å². The molecule has 1 saturated heterocycles. The lowest BCUT2D eigenvalue weighted by atomic mass is 10.0. The van der Waals surface area contributed by atoms with Gasteiger partial charge in [0.15, 0.2) is 5.13 Å². The third kappa shape index (κ3) is 6.29. The Morgan fingerprint density at radius 1 is 1.22 bits per heavy atom. The second-order valence-corrected chi connectivity index (χ2v) is 11.2. The summed E-state index contributed by atoms with van der Waals surface area (Å²) in [5, 5.41) is 9.60. The van der Waals surface area contributed by atoms with E-state index in [9.17, 15) is 26.8 Å². The number of hydrogen-bond donors (Lipinski definition) is 3. The summed E-state index contributed by atoms with van der Waals surface area (Å²) in [4.78, 5) is 34.8. The molecule has 1 aliphatic heterocycles. The van der Waals surface area contributed by atoms with Gasteiger partial charge in [-0.05, 0) is 31.7 Å². The van der Waals surface area contributed by atoms with Gasteiger partial charge < -0.3 is 20.9 Å². The molecule has 3 aromatic heterocycles. The predicted octanol–water partition coefficient (Wildman–Crippen LogP) is 1.62. The number of pyridine rings is 1. The number of nitrogens with one attached hydrogen (secondary N) is 3. The van der Waals surface area contributed by atoms with Crippen molar-refractivity contribution >= 4 is 44.1 Å². The average Bonchev–Trinajstić information content (AvgIpc) is 3.52. The van der Waals surface area contributed by atoms with Gasteiger partial charge in [0, 0.05) is 24.3 Å². The van der Waals surface area contributed by atoms with E-state index >= 15 is 0 Å². The number of nitrogens with zero attached hydrogens (tertiary/aromatic N) is 4. The zero-order valence-electron chi connectivity index (χ0n) is 19.9. The normalized spacial score (nSPS) is 17.4. The van der Waals surface area contributed by atoms with Crippen LogP contribution in [0.25, 0.3) is 11.4 Å². The van der Waals surface area contributed by atoms with Crippen LogP contribution in [0, 0.1) is 0 Å². The Morgan fingerprint density at radius 3 is 2.68 bits per heavy atom. The minimum Gasteiger partial charge on any atom is -0.350 e. The van der Waals surface area contributed by atoms with Crippen molar-refractivity contribution in [3.63, 3.8) is 0 Å². The Bertz CT molecular complexity index is 1410. The minimum absolute atomic E-state index is 0.0914. The van der Waals surface area contributed by atoms with Crippen LogP contribution in [0.1, 0.15) is 16.8 Å². The molecule has 4 rings (SSSR count). The van der Waals surface area contributed by atoms with Crippen LogP contribution >= 0.6 is 11.3 Å². The van der Waals surface area contributed by atoms with Crippen LogP contribution in [0.5, 0.6) is 0 Å². The highest BCUT2D eigenvalue weighted by molar-refractivity contribution is 7.89. The van der Waals surface area contributed by atoms with Gasteiger partial charge in [0.2, 0.25) is 15.9 Å². The van der Waals surface area contributed by atoms with Crippen molar-refractivity contribution < 1.29 is 26.8 Å². The number of carbonyl (C=O) groups is 2. The molecule has 0 radical (unpaired) electrons. The summed E-state index contributed by atoms with van der Waals surface area (Å²) in [7, 11) is -1.99. The Morgan fingerprint density at radius 2 is 2.00 bits per heavy atom. The van der Waals surface area contributed by atoms with Gasteiger partial charge >= 0.3 is 0 Å². The summed E-state index contributed by atoms with van der Waals surface area (Å²) in [6, 6.07) is 5.53. The van der Waals surface area contributed by atoms with Gasteiger partial charge in [-0.3, -0.25) is 13.6 Å². The van der Waals surface area contributed by atoms with Gasteiger partial charge in [0.25, 0.3) is 11.8 Å². The molecule has 0 aromatic carbocycles. The molecule has 1 fully saturated rings. The van der Waals surface area contributed by atoms with Crippen LogP contribution < -0.4 is 20.9 Å². The fourth-order valence-electron chi connectivity index (χ4n) is 3.83. The Balaban J connectivity index is 1.35. The van der Waals surface area contributed by atoms with E-state index in [1.54, 1.807) is 28.5 Å². The second-order valence-electron chi connectivity index (χ2n) is 8.46. The zero-order valence-corrected chi connectivity index (χ0v) is 21.6. The second kappa shape index (κ2) is 10.5. The SMILES string of the molecule is CN[C@H]1CCN(c2cccc(-c3csc(NC(=O)CNC(=O)c4ccn(S(C)(=O)=O)c4)n3)n2)CC1(F)F. The van der Waals surface area contributed by atoms with Gasteiger partial charge in [0.1, 0.15) is 11.5 Å². The molecule has 3 N–H and O–H groups in total. The van der Waals surface area contributed by atoms with Crippen molar-refractivity contribution in [1.29, 1.82) is 0 Å². The molecule has 0 spiro atoms. The fraction of sp³-hybridized carbons (Fsp3) is 0.364. The van der Waals surface area contributed by atoms with E-state index in [1.165, 1.54) is 19.3 Å². The molecule has 37 heavy (non-hydrogen) atoms. The van der Waals surface area contributed by atoms with Crippen molar-refractivity contribution in [3.8, 4) is 11.4 Å². The molecular formula is C22H25F2N7O4S2. The number of rotatable bonds is 8. The topological polar surface area (TPSA) is 138 Å². The Labute approximate surface area is 216 Å². The summed E-state index contributed by atoms with van der Waals surface area (Å²) >= 11 is 1.15. The lowest BCUT2D eigenvalue weighted by Gasteiger charge is -2.38. The number of amides is 2. The minimum atomic E-state index is -3.52. The summed E-state index contributed by atoms with van der Waals surface area (Å²) < 4.78 is 52.7. The molecule has 15 heteroatoms. The monoisotopic (exact) mass is 553 g/mol. The fourth-order valence-corrected chi connectivity index (χ4v) is 5.13. The van der Waals surface area contributed by atoms with Gasteiger partial charge in [-0.15, -0.1) is 11.3 Å². The Hall–Kier alpha value is -3.43. The third-order valence-electron chi connectivity index (χ3n) is 5.74. The highest BCUT2D eigenvalue weighted by Crippen LogP contribution is 2.31. The maximum absolute atomic E-state index is 14.4. The number of piperidine rings is 1. The van der Waals surface area contributed by atoms with Crippen LogP contribution in [0.2, 0.25) is 0 Å². The molecule has 1 atom stereocenters. The van der Waals surface area contributed by atoms with Crippen LogP contribution in [-0.2, 0) is 14.8 Å². The van der Waals surface area contributed by atoms with E-state index < -0.39 is 40.3 Å². The van der Waals surface area contributed by atoms with Crippen molar-refractivity contribution in [1.82, 2.24) is 24.6 Å². The zero-order chi connectivity index (χ0) is 26.8. The van der Waals surface area contributed by atoms with Crippen LogP contribution in [0.4, 0.5) is 19.7 Å². The average molecular weight is 554 g/mol. The maximum atomic E-state index is 14.4. The Kier molecular flexibility index (Phi) is 7.57. The molecule has 11 nitrogen and oxygen atoms in total. The molecular weight excluding hydrogens is 528 g/mol. The summed E-state index contributed by atoms with van der Waals surface area (Å²) in [5.41, 5.74) is 1.02. The third-order valence-corrected chi connectivity index (χ3v) is 7.49. The van der Waals surface area contributed by atoms with Crippen LogP contribution in [0.15, 0.2) is 42.0 Å². The smallest absolute Gasteiger partial charge is 0.280 e. The van der Waals surface area contributed by atoms with Crippen molar-refractivity contribution in [3.05, 3.63) is 47.6 Å². The van der Waals surface area contributed by atoms with E-state index in [2.05, 4.69) is 25.9 Å². The van der Waals surface area contributed by atoms with Gasteiger partial charge in [-0.1, -0.05) is 6.07 Å². The molecule has 3 aromatic rings. The van der Waals surface area contributed by atoms with E-state index in [0.717, 1.165) is 27.8 Å². The summed E-state index contributed by atoms with van der Waals surface area (Å²) in [5.74, 6) is -3.62. The first-order valence-corrected chi connectivity index (χ1v) is 13.9. The predicted molar refractivity (Wildman–Crippen MR) is 136 cm³/mol. The van der Waals surface area contributed by atoms with Gasteiger partial charge in [0.05, 0.1) is 36.6 Å². The van der Waals surface area contributed by atoms with Gasteiger partial charge in [-0.2, -0.15) is 0 Å². The van der Waals surface area contributed by atoms with Gasteiger partial charge in [-0.25, -0.2) is 27.2 Å². The number of anilines is 2. The van der Waals surface area contributed by atoms with E-state index in [4.69, 9.17) is 0 Å². The highest BCUT2D eigenvalue weighted by Gasteiger charge is 2.44. The quantitative estimate of drug-likeness (QED) is 0.383. The van der Waals surface area contributed by atoms with E-state index in [1.807, 2.05) is 0 Å². The lowest BCUT2D eigenvalue weighted by molar-refractivity contribution is -0.115. The van der Waals surface area contributed by atoms with Crippen molar-refractivity contribution in [2.75, 3.05) is 43.2 Å².